The molecule has 9 heteroatoms. The zero-order valence-electron chi connectivity index (χ0n) is 21.7. The van der Waals surface area contributed by atoms with Gasteiger partial charge >= 0.3 is 6.09 Å². The fourth-order valence-electron chi connectivity index (χ4n) is 4.98. The van der Waals surface area contributed by atoms with Crippen LogP contribution in [0.4, 0.5) is 4.79 Å². The van der Waals surface area contributed by atoms with Gasteiger partial charge in [0.05, 0.1) is 20.8 Å². The lowest BCUT2D eigenvalue weighted by atomic mass is 9.92. The summed E-state index contributed by atoms with van der Waals surface area (Å²) >= 11 is 1.57. The number of aromatic nitrogens is 4. The normalized spacial score (nSPS) is 15.4. The summed E-state index contributed by atoms with van der Waals surface area (Å²) in [7, 11) is 0. The van der Waals surface area contributed by atoms with Gasteiger partial charge in [-0.15, -0.1) is 11.3 Å². The molecular formula is C27H33N5O3S. The first-order valence-electron chi connectivity index (χ1n) is 12.5. The lowest BCUT2D eigenvalue weighted by molar-refractivity contribution is 0.0182. The van der Waals surface area contributed by atoms with Gasteiger partial charge in [0.25, 0.3) is 0 Å². The Bertz CT molecular complexity index is 1450. The molecule has 1 aliphatic rings. The van der Waals surface area contributed by atoms with E-state index >= 15 is 0 Å². The van der Waals surface area contributed by atoms with Crippen molar-refractivity contribution in [3.05, 3.63) is 40.7 Å². The summed E-state index contributed by atoms with van der Waals surface area (Å²) in [6, 6.07) is 4.13. The van der Waals surface area contributed by atoms with Crippen LogP contribution in [0.3, 0.4) is 0 Å². The average Bonchev–Trinajstić information content (AvgIpc) is 3.51. The second kappa shape index (κ2) is 9.03. The molecule has 5 rings (SSSR count). The molecule has 190 valence electrons. The van der Waals surface area contributed by atoms with E-state index in [9.17, 15) is 9.59 Å². The van der Waals surface area contributed by atoms with E-state index in [1.54, 1.807) is 22.6 Å². The highest BCUT2D eigenvalue weighted by molar-refractivity contribution is 7.21. The number of amides is 1. The number of H-pyrrole nitrogens is 1. The number of nitrogens with one attached hydrogen (secondary N) is 1. The zero-order valence-corrected chi connectivity index (χ0v) is 22.5. The van der Waals surface area contributed by atoms with Crippen LogP contribution in [0.2, 0.25) is 0 Å². The van der Waals surface area contributed by atoms with Crippen molar-refractivity contribution >= 4 is 39.1 Å². The van der Waals surface area contributed by atoms with E-state index in [4.69, 9.17) is 4.74 Å². The van der Waals surface area contributed by atoms with Gasteiger partial charge in [-0.05, 0) is 69.7 Å². The van der Waals surface area contributed by atoms with Crippen LogP contribution in [0, 0.1) is 12.8 Å². The molecule has 0 aliphatic carbocycles. The summed E-state index contributed by atoms with van der Waals surface area (Å²) in [6.07, 6.45) is 4.58. The fraction of sp³-hybridized carbons (Fsp3) is 0.481. The predicted molar refractivity (Wildman–Crippen MR) is 142 cm³/mol. The Morgan fingerprint density at radius 1 is 1.19 bits per heavy atom. The van der Waals surface area contributed by atoms with Gasteiger partial charge in [-0.1, -0.05) is 13.8 Å². The molecule has 1 saturated heterocycles. The summed E-state index contributed by atoms with van der Waals surface area (Å²) in [6.45, 7) is 13.1. The molecule has 1 amide bonds. The molecule has 0 atom stereocenters. The van der Waals surface area contributed by atoms with Gasteiger partial charge in [-0.2, -0.15) is 5.10 Å². The molecule has 0 radical (unpaired) electrons. The van der Waals surface area contributed by atoms with Gasteiger partial charge in [0, 0.05) is 30.8 Å². The Balaban J connectivity index is 1.38. The molecular weight excluding hydrogens is 474 g/mol. The number of ketones is 1. The van der Waals surface area contributed by atoms with Gasteiger partial charge in [-0.25, -0.2) is 14.3 Å². The van der Waals surface area contributed by atoms with E-state index in [0.29, 0.717) is 25.9 Å². The van der Waals surface area contributed by atoms with Crippen LogP contribution in [0.1, 0.15) is 74.2 Å². The van der Waals surface area contributed by atoms with Crippen molar-refractivity contribution in [2.75, 3.05) is 13.1 Å². The SMILES string of the molecule is Cc1cc(-c2[nH]c3cc(C(=O)C4CCN(C(=O)OC(C)(C)C)CC4)sc3c2C(C)C)cn2ncnc12. The van der Waals surface area contributed by atoms with Crippen molar-refractivity contribution in [2.24, 2.45) is 5.92 Å². The number of rotatable bonds is 4. The second-order valence-electron chi connectivity index (χ2n) is 11.0. The number of Topliss-reactive ketones (excluding diaryl/α,β-unsaturated/α-hetero) is 1. The Morgan fingerprint density at radius 3 is 2.58 bits per heavy atom. The summed E-state index contributed by atoms with van der Waals surface area (Å²) in [4.78, 5) is 36.2. The Morgan fingerprint density at radius 2 is 1.92 bits per heavy atom. The minimum atomic E-state index is -0.519. The average molecular weight is 508 g/mol. The first-order chi connectivity index (χ1) is 17.0. The smallest absolute Gasteiger partial charge is 0.410 e. The minimum absolute atomic E-state index is 0.0780. The third-order valence-corrected chi connectivity index (χ3v) is 7.87. The number of fused-ring (bicyclic) bond motifs is 2. The molecule has 1 aliphatic heterocycles. The molecule has 0 aromatic carbocycles. The number of thiophene rings is 1. The second-order valence-corrected chi connectivity index (χ2v) is 12.0. The summed E-state index contributed by atoms with van der Waals surface area (Å²) in [5.41, 5.74) is 5.72. The maximum atomic E-state index is 13.4. The standard InChI is InChI=1S/C27H33N5O3S/c1-15(2)21-22(18-11-16(3)25-28-14-29-32(25)13-18)30-19-12-20(36-24(19)21)23(33)17-7-9-31(10-8-17)26(34)35-27(4,5)6/h11-15,17,30H,7-10H2,1-6H3. The monoisotopic (exact) mass is 507 g/mol. The maximum absolute atomic E-state index is 13.4. The molecule has 4 aromatic rings. The number of aromatic amines is 1. The first-order valence-corrected chi connectivity index (χ1v) is 13.3. The van der Waals surface area contributed by atoms with Gasteiger partial charge in [0.15, 0.2) is 11.4 Å². The molecule has 0 unspecified atom stereocenters. The third-order valence-electron chi connectivity index (χ3n) is 6.69. The number of carbonyl (C=O) groups excluding carboxylic acids is 2. The number of ether oxygens (including phenoxy) is 1. The summed E-state index contributed by atoms with van der Waals surface area (Å²) in [5, 5.41) is 4.32. The quantitative estimate of drug-likeness (QED) is 0.332. The van der Waals surface area contributed by atoms with E-state index in [2.05, 4.69) is 35.0 Å². The van der Waals surface area contributed by atoms with Gasteiger partial charge in [0.1, 0.15) is 11.9 Å². The summed E-state index contributed by atoms with van der Waals surface area (Å²) < 4.78 is 8.43. The summed E-state index contributed by atoms with van der Waals surface area (Å²) in [5.74, 6) is 0.370. The fourth-order valence-corrected chi connectivity index (χ4v) is 6.31. The van der Waals surface area contributed by atoms with E-state index in [-0.39, 0.29) is 23.7 Å². The maximum Gasteiger partial charge on any atom is 0.410 e. The molecule has 5 heterocycles. The highest BCUT2D eigenvalue weighted by Gasteiger charge is 2.31. The van der Waals surface area contributed by atoms with Crippen LogP contribution in [0.5, 0.6) is 0 Å². The highest BCUT2D eigenvalue weighted by Crippen LogP contribution is 2.41. The molecule has 0 saturated carbocycles. The van der Waals surface area contributed by atoms with Crippen molar-refractivity contribution in [3.8, 4) is 11.3 Å². The van der Waals surface area contributed by atoms with Crippen molar-refractivity contribution in [1.82, 2.24) is 24.5 Å². The number of piperidine rings is 1. The lowest BCUT2D eigenvalue weighted by Crippen LogP contribution is -2.42. The van der Waals surface area contributed by atoms with E-state index in [1.807, 2.05) is 44.5 Å². The molecule has 4 aromatic heterocycles. The number of pyridine rings is 1. The van der Waals surface area contributed by atoms with E-state index in [0.717, 1.165) is 37.6 Å². The largest absolute Gasteiger partial charge is 0.444 e. The molecule has 1 fully saturated rings. The number of likely N-dealkylation sites (tertiary alicyclic amines) is 1. The zero-order chi connectivity index (χ0) is 25.8. The molecule has 0 bridgehead atoms. The Hall–Kier alpha value is -3.20. The van der Waals surface area contributed by atoms with Crippen LogP contribution in [-0.4, -0.2) is 55.0 Å². The molecule has 36 heavy (non-hydrogen) atoms. The number of hydrogen-bond donors (Lipinski definition) is 1. The number of hydrogen-bond acceptors (Lipinski definition) is 6. The van der Waals surface area contributed by atoms with Gasteiger partial charge in [0.2, 0.25) is 0 Å². The highest BCUT2D eigenvalue weighted by atomic mass is 32.1. The van der Waals surface area contributed by atoms with Crippen molar-refractivity contribution in [3.63, 3.8) is 0 Å². The third kappa shape index (κ3) is 4.52. The number of carbonyl (C=O) groups is 2. The van der Waals surface area contributed by atoms with Crippen LogP contribution < -0.4 is 0 Å². The van der Waals surface area contributed by atoms with Gasteiger partial charge < -0.3 is 14.6 Å². The first kappa shape index (κ1) is 24.5. The van der Waals surface area contributed by atoms with Crippen LogP contribution in [-0.2, 0) is 4.74 Å². The topological polar surface area (TPSA) is 92.6 Å². The lowest BCUT2D eigenvalue weighted by Gasteiger charge is -2.32. The Labute approximate surface area is 214 Å². The number of aryl methyl sites for hydroxylation is 1. The van der Waals surface area contributed by atoms with Gasteiger partial charge in [-0.3, -0.25) is 4.79 Å². The van der Waals surface area contributed by atoms with Crippen molar-refractivity contribution in [1.29, 1.82) is 0 Å². The molecule has 8 nitrogen and oxygen atoms in total. The van der Waals surface area contributed by atoms with Crippen LogP contribution in [0.15, 0.2) is 24.7 Å². The molecule has 1 N–H and O–H groups in total. The molecule has 0 spiro atoms. The van der Waals surface area contributed by atoms with E-state index in [1.165, 1.54) is 5.56 Å². The van der Waals surface area contributed by atoms with E-state index < -0.39 is 5.60 Å². The van der Waals surface area contributed by atoms with Crippen molar-refractivity contribution < 1.29 is 14.3 Å². The predicted octanol–water partition coefficient (Wildman–Crippen LogP) is 6.20. The van der Waals surface area contributed by atoms with Crippen LogP contribution in [0.25, 0.3) is 27.1 Å². The number of nitrogens with zero attached hydrogens (tertiary/aromatic N) is 4. The Kier molecular flexibility index (Phi) is 6.14. The van der Waals surface area contributed by atoms with Crippen LogP contribution >= 0.6 is 11.3 Å². The van der Waals surface area contributed by atoms with Crippen molar-refractivity contribution in [2.45, 2.75) is 65.9 Å². The minimum Gasteiger partial charge on any atom is -0.444 e.